The minimum atomic E-state index is -0.529. The molecule has 2 fully saturated rings. The molecular formula is C17H19N3O4. The van der Waals surface area contributed by atoms with Crippen LogP contribution >= 0.6 is 0 Å². The third-order valence-electron chi connectivity index (χ3n) is 4.69. The summed E-state index contributed by atoms with van der Waals surface area (Å²) in [6.45, 7) is 2.46. The first-order chi connectivity index (χ1) is 11.6. The summed E-state index contributed by atoms with van der Waals surface area (Å²) >= 11 is 0. The number of aromatic amines is 1. The number of carbonyl (C=O) groups is 2. The van der Waals surface area contributed by atoms with Crippen molar-refractivity contribution in [3.63, 3.8) is 0 Å². The Morgan fingerprint density at radius 3 is 2.62 bits per heavy atom. The topological polar surface area (TPSA) is 86.6 Å². The number of rotatable bonds is 2. The molecule has 0 unspecified atom stereocenters. The van der Waals surface area contributed by atoms with Crippen LogP contribution in [0.25, 0.3) is 11.1 Å². The molecule has 7 heteroatoms. The van der Waals surface area contributed by atoms with E-state index in [1.54, 1.807) is 23.1 Å². The molecule has 1 aromatic heterocycles. The number of oxazole rings is 1. The lowest BCUT2D eigenvalue weighted by Crippen LogP contribution is -2.37. The number of nitrogens with zero attached hydrogens (tertiary/aromatic N) is 2. The van der Waals surface area contributed by atoms with Crippen LogP contribution in [-0.2, 0) is 4.79 Å². The summed E-state index contributed by atoms with van der Waals surface area (Å²) in [6.07, 6.45) is 2.78. The number of fused-ring (bicyclic) bond motifs is 1. The Labute approximate surface area is 138 Å². The molecular weight excluding hydrogens is 310 g/mol. The summed E-state index contributed by atoms with van der Waals surface area (Å²) < 4.78 is 5.02. The summed E-state index contributed by atoms with van der Waals surface area (Å²) in [5.74, 6) is -0.175. The molecule has 0 atom stereocenters. The maximum Gasteiger partial charge on any atom is 0.417 e. The van der Waals surface area contributed by atoms with E-state index in [0.717, 1.165) is 19.3 Å². The highest BCUT2D eigenvalue weighted by Gasteiger charge is 2.34. The molecule has 1 N–H and O–H groups in total. The van der Waals surface area contributed by atoms with Crippen molar-refractivity contribution in [1.29, 1.82) is 0 Å². The second-order valence-electron chi connectivity index (χ2n) is 6.47. The first-order valence-electron chi connectivity index (χ1n) is 8.33. The summed E-state index contributed by atoms with van der Waals surface area (Å²) in [6, 6.07) is 4.95. The molecule has 7 nitrogen and oxygen atoms in total. The van der Waals surface area contributed by atoms with Crippen molar-refractivity contribution in [2.75, 3.05) is 26.2 Å². The van der Waals surface area contributed by atoms with Gasteiger partial charge in [0.05, 0.1) is 5.52 Å². The van der Waals surface area contributed by atoms with Crippen LogP contribution in [0, 0.1) is 5.92 Å². The SMILES string of the molecule is O=C(c1ccc2[nH]c(=O)oc2c1)N1CCCN(C(=O)C2CC2)CC1. The van der Waals surface area contributed by atoms with Crippen molar-refractivity contribution in [1.82, 2.24) is 14.8 Å². The molecule has 0 spiro atoms. The van der Waals surface area contributed by atoms with Gasteiger partial charge in [-0.2, -0.15) is 0 Å². The number of hydrogen-bond acceptors (Lipinski definition) is 4. The molecule has 0 radical (unpaired) electrons. The third-order valence-corrected chi connectivity index (χ3v) is 4.69. The Morgan fingerprint density at radius 1 is 1.08 bits per heavy atom. The fraction of sp³-hybridized carbons (Fsp3) is 0.471. The molecule has 2 aromatic rings. The molecule has 2 heterocycles. The van der Waals surface area contributed by atoms with Gasteiger partial charge in [-0.05, 0) is 37.5 Å². The average molecular weight is 329 g/mol. The zero-order chi connectivity index (χ0) is 16.7. The summed E-state index contributed by atoms with van der Waals surface area (Å²) in [5, 5.41) is 0. The van der Waals surface area contributed by atoms with Gasteiger partial charge in [0.1, 0.15) is 0 Å². The van der Waals surface area contributed by atoms with E-state index >= 15 is 0 Å². The van der Waals surface area contributed by atoms with Crippen LogP contribution < -0.4 is 5.76 Å². The number of benzene rings is 1. The van der Waals surface area contributed by atoms with Gasteiger partial charge >= 0.3 is 5.76 Å². The van der Waals surface area contributed by atoms with Crippen LogP contribution in [0.2, 0.25) is 0 Å². The van der Waals surface area contributed by atoms with Crippen LogP contribution in [0.15, 0.2) is 27.4 Å². The number of hydrogen-bond donors (Lipinski definition) is 1. The summed E-state index contributed by atoms with van der Waals surface area (Å²) in [4.78, 5) is 42.3. The lowest BCUT2D eigenvalue weighted by molar-refractivity contribution is -0.132. The van der Waals surface area contributed by atoms with Crippen molar-refractivity contribution >= 4 is 22.9 Å². The standard InChI is InChI=1S/C17H19N3O4/c21-15(11-2-3-11)19-6-1-7-20(9-8-19)16(22)12-4-5-13-14(10-12)24-17(23)18-13/h4-5,10-11H,1-3,6-9H2,(H,18,23). The number of nitrogens with one attached hydrogen (secondary N) is 1. The molecule has 1 aliphatic carbocycles. The highest BCUT2D eigenvalue weighted by Crippen LogP contribution is 2.31. The molecule has 2 amide bonds. The lowest BCUT2D eigenvalue weighted by Gasteiger charge is -2.22. The van der Waals surface area contributed by atoms with Gasteiger partial charge in [-0.1, -0.05) is 0 Å². The molecule has 1 saturated carbocycles. The first kappa shape index (κ1) is 15.0. The van der Waals surface area contributed by atoms with Crippen molar-refractivity contribution in [2.24, 2.45) is 5.92 Å². The fourth-order valence-corrected chi connectivity index (χ4v) is 3.19. The van der Waals surface area contributed by atoms with E-state index in [-0.39, 0.29) is 17.7 Å². The fourth-order valence-electron chi connectivity index (χ4n) is 3.19. The smallest absolute Gasteiger partial charge is 0.408 e. The van der Waals surface area contributed by atoms with E-state index in [1.165, 1.54) is 0 Å². The number of aromatic nitrogens is 1. The van der Waals surface area contributed by atoms with E-state index in [0.29, 0.717) is 42.8 Å². The minimum Gasteiger partial charge on any atom is -0.408 e. The number of H-pyrrole nitrogens is 1. The van der Waals surface area contributed by atoms with E-state index in [9.17, 15) is 14.4 Å². The van der Waals surface area contributed by atoms with Crippen LogP contribution in [0.4, 0.5) is 0 Å². The average Bonchev–Trinajstić information content (AvgIpc) is 3.37. The van der Waals surface area contributed by atoms with Crippen molar-refractivity contribution in [2.45, 2.75) is 19.3 Å². The highest BCUT2D eigenvalue weighted by atomic mass is 16.4. The van der Waals surface area contributed by atoms with Crippen molar-refractivity contribution in [3.05, 3.63) is 34.3 Å². The van der Waals surface area contributed by atoms with Gasteiger partial charge in [0.25, 0.3) is 5.91 Å². The first-order valence-corrected chi connectivity index (χ1v) is 8.33. The predicted molar refractivity (Wildman–Crippen MR) is 86.7 cm³/mol. The zero-order valence-electron chi connectivity index (χ0n) is 13.3. The molecule has 24 heavy (non-hydrogen) atoms. The predicted octanol–water partition coefficient (Wildman–Crippen LogP) is 1.21. The highest BCUT2D eigenvalue weighted by molar-refractivity contribution is 5.97. The quantitative estimate of drug-likeness (QED) is 0.897. The normalized spacial score (nSPS) is 18.7. The van der Waals surface area contributed by atoms with E-state index in [4.69, 9.17) is 4.42 Å². The maximum absolute atomic E-state index is 12.7. The number of carbonyl (C=O) groups excluding carboxylic acids is 2. The summed E-state index contributed by atoms with van der Waals surface area (Å²) in [5.41, 5.74) is 1.45. The van der Waals surface area contributed by atoms with Gasteiger partial charge in [0.2, 0.25) is 5.91 Å². The Morgan fingerprint density at radius 2 is 1.83 bits per heavy atom. The number of amides is 2. The summed E-state index contributed by atoms with van der Waals surface area (Å²) in [7, 11) is 0. The largest absolute Gasteiger partial charge is 0.417 e. The van der Waals surface area contributed by atoms with Crippen molar-refractivity contribution < 1.29 is 14.0 Å². The van der Waals surface area contributed by atoms with Gasteiger partial charge < -0.3 is 14.2 Å². The molecule has 1 saturated heterocycles. The Hall–Kier alpha value is -2.57. The van der Waals surface area contributed by atoms with Gasteiger partial charge in [-0.3, -0.25) is 14.6 Å². The van der Waals surface area contributed by atoms with Gasteiger partial charge in [0, 0.05) is 37.7 Å². The van der Waals surface area contributed by atoms with Gasteiger partial charge in [-0.25, -0.2) is 4.79 Å². The Kier molecular flexibility index (Phi) is 3.63. The van der Waals surface area contributed by atoms with E-state index in [1.807, 2.05) is 4.90 Å². The van der Waals surface area contributed by atoms with Crippen LogP contribution in [0.3, 0.4) is 0 Å². The third kappa shape index (κ3) is 2.81. The van der Waals surface area contributed by atoms with Crippen LogP contribution in [-0.4, -0.2) is 52.8 Å². The molecule has 1 aromatic carbocycles. The van der Waals surface area contributed by atoms with Gasteiger partial charge in [-0.15, -0.1) is 0 Å². The lowest BCUT2D eigenvalue weighted by atomic mass is 10.1. The molecule has 0 bridgehead atoms. The molecule has 4 rings (SSSR count). The second kappa shape index (κ2) is 5.81. The monoisotopic (exact) mass is 329 g/mol. The molecule has 2 aliphatic rings. The molecule has 126 valence electrons. The molecule has 1 aliphatic heterocycles. The van der Waals surface area contributed by atoms with E-state index in [2.05, 4.69) is 4.98 Å². The second-order valence-corrected chi connectivity index (χ2v) is 6.47. The van der Waals surface area contributed by atoms with Gasteiger partial charge in [0.15, 0.2) is 5.58 Å². The Bertz CT molecular complexity index is 849. The van der Waals surface area contributed by atoms with Crippen LogP contribution in [0.5, 0.6) is 0 Å². The van der Waals surface area contributed by atoms with Crippen molar-refractivity contribution in [3.8, 4) is 0 Å². The van der Waals surface area contributed by atoms with Crippen LogP contribution in [0.1, 0.15) is 29.6 Å². The van der Waals surface area contributed by atoms with E-state index < -0.39 is 5.76 Å². The maximum atomic E-state index is 12.7. The Balaban J connectivity index is 1.48. The zero-order valence-corrected chi connectivity index (χ0v) is 13.3. The minimum absolute atomic E-state index is 0.0959.